The lowest BCUT2D eigenvalue weighted by atomic mass is 9.79. The Morgan fingerprint density at radius 2 is 2.04 bits per heavy atom. The van der Waals surface area contributed by atoms with Crippen molar-refractivity contribution in [1.29, 1.82) is 0 Å². The molecule has 3 nitrogen and oxygen atoms in total. The Hall–Kier alpha value is -1.50. The lowest BCUT2D eigenvalue weighted by molar-refractivity contribution is 0.0475. The van der Waals surface area contributed by atoms with Crippen molar-refractivity contribution in [1.82, 2.24) is 4.90 Å². The maximum absolute atomic E-state index is 10.7. The molecule has 2 unspecified atom stereocenters. The van der Waals surface area contributed by atoms with Crippen LogP contribution < -0.4 is 0 Å². The maximum atomic E-state index is 10.7. The second kappa shape index (κ2) is 9.44. The molecule has 0 bridgehead atoms. The van der Waals surface area contributed by atoms with Crippen LogP contribution in [0, 0.1) is 12.3 Å². The summed E-state index contributed by atoms with van der Waals surface area (Å²) in [5, 5.41) is 20.8. The molecular weight excluding hydrogens is 322 g/mol. The Bertz CT molecular complexity index is 617. The number of phenolic OH excluding ortho intramolecular Hbond substituents is 1. The van der Waals surface area contributed by atoms with E-state index < -0.39 is 0 Å². The van der Waals surface area contributed by atoms with Crippen LogP contribution in [0.15, 0.2) is 18.2 Å². The summed E-state index contributed by atoms with van der Waals surface area (Å²) in [4.78, 5) is 2.18. The Morgan fingerprint density at radius 1 is 1.27 bits per heavy atom. The highest BCUT2D eigenvalue weighted by Gasteiger charge is 2.30. The second-order valence-electron chi connectivity index (χ2n) is 8.34. The topological polar surface area (TPSA) is 43.7 Å². The third kappa shape index (κ3) is 5.25. The number of unbranched alkanes of at least 4 members (excludes halogenated alkanes) is 3. The van der Waals surface area contributed by atoms with Crippen LogP contribution in [-0.4, -0.2) is 34.3 Å². The van der Waals surface area contributed by atoms with Crippen LogP contribution in [0.2, 0.25) is 0 Å². The van der Waals surface area contributed by atoms with Gasteiger partial charge in [-0.1, -0.05) is 64.5 Å². The molecule has 2 N–H and O–H groups in total. The average molecular weight is 358 g/mol. The van der Waals surface area contributed by atoms with E-state index in [1.807, 2.05) is 12.1 Å². The molecule has 0 radical (unpaired) electrons. The molecule has 0 amide bonds. The van der Waals surface area contributed by atoms with E-state index in [2.05, 4.69) is 37.7 Å². The minimum atomic E-state index is -0.330. The van der Waals surface area contributed by atoms with Crippen LogP contribution in [0.1, 0.15) is 82.9 Å². The number of hydrogen-bond donors (Lipinski definition) is 2. The minimum Gasteiger partial charge on any atom is -0.508 e. The van der Waals surface area contributed by atoms with E-state index in [9.17, 15) is 10.2 Å². The van der Waals surface area contributed by atoms with Gasteiger partial charge in [0, 0.05) is 18.2 Å². The molecule has 144 valence electrons. The van der Waals surface area contributed by atoms with Gasteiger partial charge in [-0.2, -0.15) is 0 Å². The van der Waals surface area contributed by atoms with E-state index in [1.54, 1.807) is 0 Å². The van der Waals surface area contributed by atoms with Gasteiger partial charge in [0.2, 0.25) is 0 Å². The summed E-state index contributed by atoms with van der Waals surface area (Å²) in [5.41, 5.74) is 2.11. The zero-order valence-electron chi connectivity index (χ0n) is 16.7. The molecule has 0 spiro atoms. The summed E-state index contributed by atoms with van der Waals surface area (Å²) in [6.45, 7) is 8.04. The van der Waals surface area contributed by atoms with Gasteiger partial charge in [-0.05, 0) is 36.3 Å². The molecule has 2 atom stereocenters. The van der Waals surface area contributed by atoms with Gasteiger partial charge < -0.3 is 10.2 Å². The van der Waals surface area contributed by atoms with Gasteiger partial charge in [0.05, 0.1) is 12.6 Å². The maximum Gasteiger partial charge on any atom is 0.120 e. The molecule has 26 heavy (non-hydrogen) atoms. The fourth-order valence-corrected chi connectivity index (χ4v) is 4.01. The van der Waals surface area contributed by atoms with Gasteiger partial charge >= 0.3 is 0 Å². The molecular formula is C23H35NO2. The zero-order chi connectivity index (χ0) is 19.2. The van der Waals surface area contributed by atoms with Gasteiger partial charge in [-0.15, -0.1) is 6.42 Å². The van der Waals surface area contributed by atoms with Crippen molar-refractivity contribution in [2.45, 2.75) is 83.3 Å². The summed E-state index contributed by atoms with van der Waals surface area (Å²) in [6.07, 6.45) is 12.7. The third-order valence-electron chi connectivity index (χ3n) is 5.81. The first-order valence-electron chi connectivity index (χ1n) is 10.1. The van der Waals surface area contributed by atoms with Crippen molar-refractivity contribution in [3.8, 4) is 18.1 Å². The number of aliphatic hydroxyl groups is 1. The number of hydrogen-bond acceptors (Lipinski definition) is 3. The van der Waals surface area contributed by atoms with Crippen LogP contribution >= 0.6 is 0 Å². The van der Waals surface area contributed by atoms with E-state index in [0.29, 0.717) is 18.7 Å². The van der Waals surface area contributed by atoms with Crippen molar-refractivity contribution in [3.63, 3.8) is 0 Å². The predicted octanol–water partition coefficient (Wildman–Crippen LogP) is 4.77. The molecule has 0 saturated carbocycles. The molecule has 3 heteroatoms. The SMILES string of the molecule is C#CCN1CCC(O)CC1c1ccc(C(C)(C)CCCCCC)cc1O. The number of nitrogens with zero attached hydrogens (tertiary/aromatic N) is 1. The lowest BCUT2D eigenvalue weighted by Crippen LogP contribution is -2.39. The first-order chi connectivity index (χ1) is 12.4. The van der Waals surface area contributed by atoms with Gasteiger partial charge in [0.1, 0.15) is 5.75 Å². The van der Waals surface area contributed by atoms with Crippen molar-refractivity contribution < 1.29 is 10.2 Å². The Kier molecular flexibility index (Phi) is 7.55. The highest BCUT2D eigenvalue weighted by molar-refractivity contribution is 5.41. The summed E-state index contributed by atoms with van der Waals surface area (Å²) in [7, 11) is 0. The number of phenols is 1. The predicted molar refractivity (Wildman–Crippen MR) is 108 cm³/mol. The van der Waals surface area contributed by atoms with E-state index in [4.69, 9.17) is 6.42 Å². The number of likely N-dealkylation sites (tertiary alicyclic amines) is 1. The molecule has 2 rings (SSSR count). The Balaban J connectivity index is 2.16. The zero-order valence-corrected chi connectivity index (χ0v) is 16.7. The van der Waals surface area contributed by atoms with E-state index in [0.717, 1.165) is 24.9 Å². The summed E-state index contributed by atoms with van der Waals surface area (Å²) < 4.78 is 0. The molecule has 1 aromatic rings. The lowest BCUT2D eigenvalue weighted by Gasteiger charge is -2.37. The largest absolute Gasteiger partial charge is 0.508 e. The monoisotopic (exact) mass is 357 g/mol. The van der Waals surface area contributed by atoms with Crippen molar-refractivity contribution in [3.05, 3.63) is 29.3 Å². The van der Waals surface area contributed by atoms with E-state index >= 15 is 0 Å². The normalized spacial score (nSPS) is 21.5. The molecule has 1 fully saturated rings. The molecule has 1 aliphatic rings. The van der Waals surface area contributed by atoms with Gasteiger partial charge in [-0.3, -0.25) is 4.90 Å². The number of benzene rings is 1. The van der Waals surface area contributed by atoms with Gasteiger partial charge in [-0.25, -0.2) is 0 Å². The van der Waals surface area contributed by atoms with E-state index in [-0.39, 0.29) is 17.6 Å². The highest BCUT2D eigenvalue weighted by Crippen LogP contribution is 2.39. The molecule has 1 aromatic carbocycles. The standard InChI is InChI=1S/C23H35NO2/c1-5-7-8-9-13-23(3,4)18-10-11-20(22(26)16-18)21-17-19(25)12-15-24(21)14-6-2/h2,10-11,16,19,21,25-26H,5,7-9,12-15,17H2,1,3-4H3. The number of aliphatic hydroxyl groups excluding tert-OH is 1. The number of aromatic hydroxyl groups is 1. The van der Waals surface area contributed by atoms with Crippen molar-refractivity contribution >= 4 is 0 Å². The average Bonchev–Trinajstić information content (AvgIpc) is 2.60. The number of piperidine rings is 1. The molecule has 1 saturated heterocycles. The molecule has 1 heterocycles. The fraction of sp³-hybridized carbons (Fsp3) is 0.652. The second-order valence-corrected chi connectivity index (χ2v) is 8.34. The van der Waals surface area contributed by atoms with Crippen LogP contribution in [-0.2, 0) is 5.41 Å². The highest BCUT2D eigenvalue weighted by atomic mass is 16.3. The molecule has 0 aliphatic carbocycles. The Morgan fingerprint density at radius 3 is 2.69 bits per heavy atom. The first kappa shape index (κ1) is 20.8. The summed E-state index contributed by atoms with van der Waals surface area (Å²) in [5.74, 6) is 3.03. The summed E-state index contributed by atoms with van der Waals surface area (Å²) in [6, 6.07) is 6.08. The van der Waals surface area contributed by atoms with Crippen LogP contribution in [0.25, 0.3) is 0 Å². The fourth-order valence-electron chi connectivity index (χ4n) is 4.01. The number of rotatable bonds is 8. The summed E-state index contributed by atoms with van der Waals surface area (Å²) >= 11 is 0. The third-order valence-corrected chi connectivity index (χ3v) is 5.81. The van der Waals surface area contributed by atoms with Crippen LogP contribution in [0.4, 0.5) is 0 Å². The quantitative estimate of drug-likeness (QED) is 0.520. The molecule has 0 aromatic heterocycles. The molecule has 1 aliphatic heterocycles. The first-order valence-corrected chi connectivity index (χ1v) is 10.1. The Labute approximate surface area is 159 Å². The van der Waals surface area contributed by atoms with Gasteiger partial charge in [0.25, 0.3) is 0 Å². The minimum absolute atomic E-state index is 0.0171. The van der Waals surface area contributed by atoms with Crippen LogP contribution in [0.5, 0.6) is 5.75 Å². The smallest absolute Gasteiger partial charge is 0.120 e. The van der Waals surface area contributed by atoms with Crippen molar-refractivity contribution in [2.75, 3.05) is 13.1 Å². The van der Waals surface area contributed by atoms with Crippen LogP contribution in [0.3, 0.4) is 0 Å². The van der Waals surface area contributed by atoms with Gasteiger partial charge in [0.15, 0.2) is 0 Å². The number of terminal acetylenes is 1. The van der Waals surface area contributed by atoms with E-state index in [1.165, 1.54) is 31.2 Å². The van der Waals surface area contributed by atoms with Crippen molar-refractivity contribution in [2.24, 2.45) is 0 Å².